The summed E-state index contributed by atoms with van der Waals surface area (Å²) in [5.41, 5.74) is 5.73. The molecule has 1 saturated heterocycles. The molecule has 12 nitrogen and oxygen atoms in total. The molecule has 0 aliphatic carbocycles. The van der Waals surface area contributed by atoms with Crippen molar-refractivity contribution in [2.24, 2.45) is 5.16 Å². The number of amides is 2. The number of nitrogen functional groups attached to an aromatic ring is 1. The van der Waals surface area contributed by atoms with Gasteiger partial charge in [-0.2, -0.15) is 4.37 Å². The minimum atomic E-state index is -1.22. The molecule has 5 N–H and O–H groups in total. The van der Waals surface area contributed by atoms with Crippen molar-refractivity contribution in [3.63, 3.8) is 0 Å². The predicted octanol–water partition coefficient (Wildman–Crippen LogP) is 0.286. The van der Waals surface area contributed by atoms with Crippen molar-refractivity contribution < 1.29 is 24.7 Å². The Balaban J connectivity index is 1.48. The number of hydrogen-bond acceptors (Lipinski definition) is 13. The molecule has 0 saturated carbocycles. The van der Waals surface area contributed by atoms with E-state index in [4.69, 9.17) is 5.73 Å². The van der Waals surface area contributed by atoms with Crippen LogP contribution in [0.1, 0.15) is 5.69 Å². The van der Waals surface area contributed by atoms with Gasteiger partial charge in [-0.25, -0.2) is 14.8 Å². The van der Waals surface area contributed by atoms with E-state index in [1.807, 2.05) is 0 Å². The normalized spacial score (nSPS) is 21.0. The molecule has 2 atom stereocenters. The summed E-state index contributed by atoms with van der Waals surface area (Å²) in [7, 11) is 0. The number of thioether (sulfide) groups is 2. The van der Waals surface area contributed by atoms with Crippen LogP contribution in [0.3, 0.4) is 0 Å². The fraction of sp³-hybridized carbons (Fsp3) is 0.267. The van der Waals surface area contributed by atoms with E-state index in [1.165, 1.54) is 51.7 Å². The van der Waals surface area contributed by atoms with Gasteiger partial charge in [0.25, 0.3) is 11.8 Å². The van der Waals surface area contributed by atoms with Crippen molar-refractivity contribution >= 4 is 75.0 Å². The third kappa shape index (κ3) is 4.10. The molecular formula is C15H13N7O5S4. The molecule has 0 aromatic carbocycles. The van der Waals surface area contributed by atoms with Crippen molar-refractivity contribution in [1.29, 1.82) is 0 Å². The highest BCUT2D eigenvalue weighted by Gasteiger charge is 2.54. The van der Waals surface area contributed by atoms with Crippen LogP contribution in [0.5, 0.6) is 0 Å². The summed E-state index contributed by atoms with van der Waals surface area (Å²) in [6.45, 7) is 0. The summed E-state index contributed by atoms with van der Waals surface area (Å²) in [4.78, 5) is 46.2. The van der Waals surface area contributed by atoms with Gasteiger partial charge in [-0.05, 0) is 17.1 Å². The van der Waals surface area contributed by atoms with E-state index in [0.29, 0.717) is 21.4 Å². The fourth-order valence-corrected chi connectivity index (χ4v) is 6.47. The van der Waals surface area contributed by atoms with Crippen LogP contribution in [0.25, 0.3) is 0 Å². The number of β-lactam (4-membered cyclic amide) rings is 1. The lowest BCUT2D eigenvalue weighted by Gasteiger charge is -2.49. The SMILES string of the molecule is Nc1nc(/C(=N/O)C(=O)NC2C(=O)N3C(C(=O)O)=C(CSc4ncns4)CS[C@H]23)cs1. The maximum absolute atomic E-state index is 12.7. The second kappa shape index (κ2) is 8.81. The summed E-state index contributed by atoms with van der Waals surface area (Å²) in [5, 5.41) is 25.4. The number of fused-ring (bicyclic) bond motifs is 1. The molecule has 2 aliphatic heterocycles. The quantitative estimate of drug-likeness (QED) is 0.135. The maximum Gasteiger partial charge on any atom is 0.352 e. The van der Waals surface area contributed by atoms with E-state index in [1.54, 1.807) is 0 Å². The number of aromatic nitrogens is 3. The number of anilines is 1. The number of oxime groups is 1. The lowest BCUT2D eigenvalue weighted by molar-refractivity contribution is -0.150. The lowest BCUT2D eigenvalue weighted by Crippen LogP contribution is -2.71. The Kier molecular flexibility index (Phi) is 6.12. The van der Waals surface area contributed by atoms with Gasteiger partial charge in [0.2, 0.25) is 0 Å². The summed E-state index contributed by atoms with van der Waals surface area (Å²) < 4.78 is 4.60. The number of nitrogens with two attached hydrogens (primary N) is 1. The van der Waals surface area contributed by atoms with Gasteiger partial charge >= 0.3 is 5.97 Å². The zero-order chi connectivity index (χ0) is 22.1. The number of carbonyl (C=O) groups excluding carboxylic acids is 2. The monoisotopic (exact) mass is 499 g/mol. The van der Waals surface area contributed by atoms with E-state index in [9.17, 15) is 24.7 Å². The van der Waals surface area contributed by atoms with Crippen LogP contribution in [-0.2, 0) is 14.4 Å². The topological polar surface area (TPSA) is 184 Å². The highest BCUT2D eigenvalue weighted by Crippen LogP contribution is 2.41. The summed E-state index contributed by atoms with van der Waals surface area (Å²) in [6, 6.07) is -0.961. The fourth-order valence-electron chi connectivity index (χ4n) is 2.99. The van der Waals surface area contributed by atoms with Crippen LogP contribution < -0.4 is 11.1 Å². The van der Waals surface area contributed by atoms with Crippen LogP contribution in [-0.4, -0.2) is 76.0 Å². The molecule has 4 heterocycles. The first-order valence-corrected chi connectivity index (χ1v) is 12.1. The van der Waals surface area contributed by atoms with Crippen LogP contribution in [0, 0.1) is 0 Å². The zero-order valence-corrected chi connectivity index (χ0v) is 18.6. The first kappa shape index (κ1) is 21.5. The number of carboxylic acid groups (broad SMARTS) is 1. The molecule has 2 aliphatic rings. The Bertz CT molecular complexity index is 1100. The molecule has 2 amide bonds. The number of nitrogens with zero attached hydrogens (tertiary/aromatic N) is 5. The Labute approximate surface area is 190 Å². The average Bonchev–Trinajstić information content (AvgIpc) is 3.42. The van der Waals surface area contributed by atoms with Crippen LogP contribution in [0.15, 0.2) is 32.5 Å². The highest BCUT2D eigenvalue weighted by molar-refractivity contribution is 8.01. The molecule has 162 valence electrons. The largest absolute Gasteiger partial charge is 0.477 e. The zero-order valence-electron chi connectivity index (χ0n) is 15.3. The molecule has 0 spiro atoms. The van der Waals surface area contributed by atoms with Gasteiger partial charge in [-0.15, -0.1) is 23.1 Å². The van der Waals surface area contributed by atoms with Crippen molar-refractivity contribution in [1.82, 2.24) is 24.6 Å². The summed E-state index contributed by atoms with van der Waals surface area (Å²) in [6.07, 6.45) is 1.42. The highest BCUT2D eigenvalue weighted by atomic mass is 32.2. The van der Waals surface area contributed by atoms with E-state index in [2.05, 4.69) is 24.8 Å². The Morgan fingerprint density at radius 2 is 2.26 bits per heavy atom. The van der Waals surface area contributed by atoms with E-state index in [-0.39, 0.29) is 22.2 Å². The third-order valence-corrected chi connectivity index (χ3v) is 8.22. The first-order chi connectivity index (χ1) is 14.9. The van der Waals surface area contributed by atoms with Gasteiger partial charge in [-0.3, -0.25) is 14.5 Å². The molecular weight excluding hydrogens is 486 g/mol. The first-order valence-electron chi connectivity index (χ1n) is 8.44. The van der Waals surface area contributed by atoms with E-state index >= 15 is 0 Å². The van der Waals surface area contributed by atoms with Crippen LogP contribution in [0.2, 0.25) is 0 Å². The van der Waals surface area contributed by atoms with Crippen LogP contribution >= 0.6 is 46.4 Å². The van der Waals surface area contributed by atoms with E-state index < -0.39 is 29.2 Å². The van der Waals surface area contributed by atoms with Crippen molar-refractivity contribution in [2.45, 2.75) is 15.8 Å². The molecule has 4 rings (SSSR count). The molecule has 31 heavy (non-hydrogen) atoms. The summed E-state index contributed by atoms with van der Waals surface area (Å²) in [5.74, 6) is -1.87. The molecule has 1 fully saturated rings. The second-order valence-corrected chi connectivity index (χ2v) is 10.1. The lowest BCUT2D eigenvalue weighted by atomic mass is 10.0. The Hall–Kier alpha value is -2.69. The molecule has 0 bridgehead atoms. The van der Waals surface area contributed by atoms with Gasteiger partial charge in [-0.1, -0.05) is 16.9 Å². The van der Waals surface area contributed by atoms with Gasteiger partial charge in [0.15, 0.2) is 15.2 Å². The Morgan fingerprint density at radius 3 is 2.87 bits per heavy atom. The second-order valence-electron chi connectivity index (χ2n) is 6.13. The van der Waals surface area contributed by atoms with Gasteiger partial charge < -0.3 is 21.4 Å². The van der Waals surface area contributed by atoms with Gasteiger partial charge in [0, 0.05) is 16.9 Å². The van der Waals surface area contributed by atoms with Crippen molar-refractivity contribution in [2.75, 3.05) is 17.2 Å². The molecule has 16 heteroatoms. The minimum Gasteiger partial charge on any atom is -0.477 e. The van der Waals surface area contributed by atoms with Crippen molar-refractivity contribution in [3.05, 3.63) is 28.7 Å². The Morgan fingerprint density at radius 1 is 1.45 bits per heavy atom. The number of carbonyl (C=O) groups is 3. The average molecular weight is 500 g/mol. The number of carboxylic acids is 1. The third-order valence-electron chi connectivity index (χ3n) is 4.33. The standard InChI is InChI=1S/C15H13N7O5S4/c16-14-19-6(3-29-14)7(21-27)10(23)20-8-11(24)22-9(13(25)26)5(1-28-12(8)22)2-30-15-17-4-18-31-15/h3-4,8,12,27H,1-2H2,(H2,16,19)(H,20,23)(H,25,26)/b21-7-/t8?,12-/m1/s1. The summed E-state index contributed by atoms with van der Waals surface area (Å²) >= 11 is 4.95. The van der Waals surface area contributed by atoms with Crippen molar-refractivity contribution in [3.8, 4) is 0 Å². The number of hydrogen-bond donors (Lipinski definition) is 4. The number of rotatable bonds is 7. The van der Waals surface area contributed by atoms with Crippen LogP contribution in [0.4, 0.5) is 5.13 Å². The minimum absolute atomic E-state index is 0.0736. The smallest absolute Gasteiger partial charge is 0.352 e. The number of nitrogens with one attached hydrogen (secondary N) is 1. The van der Waals surface area contributed by atoms with Gasteiger partial charge in [0.1, 0.15) is 29.1 Å². The molecule has 2 aromatic rings. The predicted molar refractivity (Wildman–Crippen MR) is 115 cm³/mol. The molecule has 1 unspecified atom stereocenters. The number of aliphatic carboxylic acids is 1. The maximum atomic E-state index is 12.7. The molecule has 2 aromatic heterocycles. The number of thiazole rings is 1. The van der Waals surface area contributed by atoms with E-state index in [0.717, 1.165) is 11.3 Å². The van der Waals surface area contributed by atoms with Gasteiger partial charge in [0.05, 0.1) is 0 Å². The molecule has 0 radical (unpaired) electrons.